The van der Waals surface area contributed by atoms with Crippen molar-refractivity contribution in [2.45, 2.75) is 26.3 Å². The number of thiazole rings is 1. The standard InChI is InChI=1S/C16H22N4S/c1-13-12-21-16(18-13)20-10-9-19(11-14(20)2)8-6-15-5-3-4-7-17-15/h3-5,7,12,14H,6,8-11H2,1-2H3/t14-/m0/s1. The van der Waals surface area contributed by atoms with Crippen LogP contribution in [0.2, 0.25) is 0 Å². The Bertz CT molecular complexity index is 569. The van der Waals surface area contributed by atoms with Crippen molar-refractivity contribution in [1.82, 2.24) is 14.9 Å². The Balaban J connectivity index is 1.53. The molecule has 1 atom stereocenters. The molecule has 0 aromatic carbocycles. The molecule has 1 aliphatic rings. The second-order valence-corrected chi connectivity index (χ2v) is 6.52. The normalized spacial score (nSPS) is 19.9. The number of hydrogen-bond donors (Lipinski definition) is 0. The van der Waals surface area contributed by atoms with Crippen LogP contribution in [0.4, 0.5) is 5.13 Å². The van der Waals surface area contributed by atoms with Crippen LogP contribution in [-0.2, 0) is 6.42 Å². The zero-order chi connectivity index (χ0) is 14.7. The topological polar surface area (TPSA) is 32.3 Å². The Morgan fingerprint density at radius 2 is 2.24 bits per heavy atom. The number of aromatic nitrogens is 2. The summed E-state index contributed by atoms with van der Waals surface area (Å²) in [6.07, 6.45) is 2.91. The van der Waals surface area contributed by atoms with Gasteiger partial charge in [-0.3, -0.25) is 9.88 Å². The van der Waals surface area contributed by atoms with Gasteiger partial charge in [-0.25, -0.2) is 4.98 Å². The fourth-order valence-electron chi connectivity index (χ4n) is 2.81. The number of nitrogens with zero attached hydrogens (tertiary/aromatic N) is 4. The predicted molar refractivity (Wildman–Crippen MR) is 88.0 cm³/mol. The molecule has 3 rings (SSSR count). The zero-order valence-electron chi connectivity index (χ0n) is 12.7. The van der Waals surface area contributed by atoms with E-state index in [0.717, 1.165) is 38.3 Å². The van der Waals surface area contributed by atoms with Crippen LogP contribution in [0, 0.1) is 6.92 Å². The van der Waals surface area contributed by atoms with Gasteiger partial charge in [0.1, 0.15) is 0 Å². The Labute approximate surface area is 130 Å². The summed E-state index contributed by atoms with van der Waals surface area (Å²) in [6.45, 7) is 8.72. The average Bonchev–Trinajstić information content (AvgIpc) is 2.92. The molecule has 0 aliphatic carbocycles. The van der Waals surface area contributed by atoms with Crippen molar-refractivity contribution in [3.8, 4) is 0 Å². The Hall–Kier alpha value is -1.46. The monoisotopic (exact) mass is 302 g/mol. The quantitative estimate of drug-likeness (QED) is 0.869. The van der Waals surface area contributed by atoms with Crippen molar-refractivity contribution >= 4 is 16.5 Å². The highest BCUT2D eigenvalue weighted by Crippen LogP contribution is 2.24. The van der Waals surface area contributed by atoms with Crippen LogP contribution in [0.5, 0.6) is 0 Å². The van der Waals surface area contributed by atoms with E-state index in [9.17, 15) is 0 Å². The first-order valence-corrected chi connectivity index (χ1v) is 8.41. The van der Waals surface area contributed by atoms with Gasteiger partial charge in [-0.05, 0) is 26.0 Å². The fourth-order valence-corrected chi connectivity index (χ4v) is 3.74. The van der Waals surface area contributed by atoms with E-state index in [1.165, 1.54) is 10.8 Å². The second-order valence-electron chi connectivity index (χ2n) is 5.69. The molecule has 0 radical (unpaired) electrons. The van der Waals surface area contributed by atoms with E-state index in [1.807, 2.05) is 12.3 Å². The lowest BCUT2D eigenvalue weighted by Crippen LogP contribution is -2.52. The van der Waals surface area contributed by atoms with Crippen molar-refractivity contribution in [3.63, 3.8) is 0 Å². The van der Waals surface area contributed by atoms with Crippen LogP contribution in [0.15, 0.2) is 29.8 Å². The lowest BCUT2D eigenvalue weighted by molar-refractivity contribution is 0.230. The summed E-state index contributed by atoms with van der Waals surface area (Å²) in [7, 11) is 0. The van der Waals surface area contributed by atoms with Crippen LogP contribution in [0.3, 0.4) is 0 Å². The van der Waals surface area contributed by atoms with Gasteiger partial charge in [-0.15, -0.1) is 11.3 Å². The number of anilines is 1. The van der Waals surface area contributed by atoms with Crippen molar-refractivity contribution in [2.75, 3.05) is 31.1 Å². The number of aryl methyl sites for hydroxylation is 1. The van der Waals surface area contributed by atoms with Crippen LogP contribution < -0.4 is 4.90 Å². The van der Waals surface area contributed by atoms with Gasteiger partial charge in [-0.1, -0.05) is 6.07 Å². The summed E-state index contributed by atoms with van der Waals surface area (Å²) in [5.74, 6) is 0. The summed E-state index contributed by atoms with van der Waals surface area (Å²) >= 11 is 1.76. The molecular weight excluding hydrogens is 280 g/mol. The number of rotatable bonds is 4. The highest BCUT2D eigenvalue weighted by Gasteiger charge is 2.25. The van der Waals surface area contributed by atoms with E-state index in [0.29, 0.717) is 6.04 Å². The molecule has 0 N–H and O–H groups in total. The lowest BCUT2D eigenvalue weighted by Gasteiger charge is -2.39. The summed E-state index contributed by atoms with van der Waals surface area (Å²) in [4.78, 5) is 14.0. The molecular formula is C16H22N4S. The molecule has 0 unspecified atom stereocenters. The summed E-state index contributed by atoms with van der Waals surface area (Å²) < 4.78 is 0. The van der Waals surface area contributed by atoms with E-state index in [4.69, 9.17) is 0 Å². The van der Waals surface area contributed by atoms with Crippen molar-refractivity contribution in [2.24, 2.45) is 0 Å². The van der Waals surface area contributed by atoms with Crippen LogP contribution >= 0.6 is 11.3 Å². The van der Waals surface area contributed by atoms with E-state index in [2.05, 4.69) is 51.1 Å². The van der Waals surface area contributed by atoms with Gasteiger partial charge in [0.2, 0.25) is 0 Å². The third kappa shape index (κ3) is 3.60. The van der Waals surface area contributed by atoms with Gasteiger partial charge in [-0.2, -0.15) is 0 Å². The molecule has 1 fully saturated rings. The molecule has 21 heavy (non-hydrogen) atoms. The third-order valence-corrected chi connectivity index (χ3v) is 4.97. The molecule has 0 saturated carbocycles. The SMILES string of the molecule is Cc1csc(N2CCN(CCc3ccccn3)C[C@@H]2C)n1. The average molecular weight is 302 g/mol. The van der Waals surface area contributed by atoms with Crippen molar-refractivity contribution < 1.29 is 0 Å². The summed E-state index contributed by atoms with van der Waals surface area (Å²) in [5.41, 5.74) is 2.31. The smallest absolute Gasteiger partial charge is 0.185 e. The van der Waals surface area contributed by atoms with E-state index in [-0.39, 0.29) is 0 Å². The maximum atomic E-state index is 4.62. The fraction of sp³-hybridized carbons (Fsp3) is 0.500. The molecule has 0 amide bonds. The summed E-state index contributed by atoms with van der Waals surface area (Å²) in [5, 5.41) is 3.31. The first-order valence-electron chi connectivity index (χ1n) is 7.53. The third-order valence-electron chi connectivity index (χ3n) is 3.97. The molecule has 0 spiro atoms. The first kappa shape index (κ1) is 14.5. The van der Waals surface area contributed by atoms with Gasteiger partial charge in [0.15, 0.2) is 5.13 Å². The van der Waals surface area contributed by atoms with Crippen molar-refractivity contribution in [3.05, 3.63) is 41.2 Å². The molecule has 5 heteroatoms. The highest BCUT2D eigenvalue weighted by atomic mass is 32.1. The van der Waals surface area contributed by atoms with Crippen LogP contribution in [-0.4, -0.2) is 47.1 Å². The number of hydrogen-bond acceptors (Lipinski definition) is 5. The van der Waals surface area contributed by atoms with E-state index >= 15 is 0 Å². The zero-order valence-corrected chi connectivity index (χ0v) is 13.5. The predicted octanol–water partition coefficient (Wildman–Crippen LogP) is 2.60. The highest BCUT2D eigenvalue weighted by molar-refractivity contribution is 7.13. The Morgan fingerprint density at radius 1 is 1.33 bits per heavy atom. The molecule has 2 aromatic rings. The molecule has 0 bridgehead atoms. The van der Waals surface area contributed by atoms with Gasteiger partial charge in [0.05, 0.1) is 5.69 Å². The molecule has 3 heterocycles. The van der Waals surface area contributed by atoms with E-state index in [1.54, 1.807) is 11.3 Å². The molecule has 2 aromatic heterocycles. The van der Waals surface area contributed by atoms with Gasteiger partial charge in [0, 0.05) is 55.9 Å². The first-order chi connectivity index (χ1) is 10.2. The molecule has 1 aliphatic heterocycles. The van der Waals surface area contributed by atoms with E-state index < -0.39 is 0 Å². The molecule has 112 valence electrons. The second kappa shape index (κ2) is 6.54. The van der Waals surface area contributed by atoms with Crippen LogP contribution in [0.1, 0.15) is 18.3 Å². The number of pyridine rings is 1. The minimum absolute atomic E-state index is 0.521. The number of piperazine rings is 1. The van der Waals surface area contributed by atoms with Crippen molar-refractivity contribution in [1.29, 1.82) is 0 Å². The maximum absolute atomic E-state index is 4.62. The molecule has 4 nitrogen and oxygen atoms in total. The van der Waals surface area contributed by atoms with Gasteiger partial charge < -0.3 is 4.90 Å². The minimum Gasteiger partial charge on any atom is -0.343 e. The summed E-state index contributed by atoms with van der Waals surface area (Å²) in [6, 6.07) is 6.67. The van der Waals surface area contributed by atoms with Crippen LogP contribution in [0.25, 0.3) is 0 Å². The van der Waals surface area contributed by atoms with Gasteiger partial charge in [0.25, 0.3) is 0 Å². The minimum atomic E-state index is 0.521. The largest absolute Gasteiger partial charge is 0.343 e. The maximum Gasteiger partial charge on any atom is 0.185 e. The molecule has 1 saturated heterocycles. The lowest BCUT2D eigenvalue weighted by atomic mass is 10.2. The Morgan fingerprint density at radius 3 is 2.90 bits per heavy atom. The van der Waals surface area contributed by atoms with Gasteiger partial charge >= 0.3 is 0 Å². The Kier molecular flexibility index (Phi) is 4.51.